The van der Waals surface area contributed by atoms with Crippen molar-refractivity contribution < 1.29 is 18.5 Å². The van der Waals surface area contributed by atoms with Crippen molar-refractivity contribution >= 4 is 30.9 Å². The van der Waals surface area contributed by atoms with Gasteiger partial charge in [0, 0.05) is 0 Å². The lowest BCUT2D eigenvalue weighted by atomic mass is 10.0. The van der Waals surface area contributed by atoms with Crippen LogP contribution in [0.4, 0.5) is 0 Å². The summed E-state index contributed by atoms with van der Waals surface area (Å²) in [5.74, 6) is 0.687. The van der Waals surface area contributed by atoms with E-state index in [4.69, 9.17) is 9.05 Å². The van der Waals surface area contributed by atoms with Crippen molar-refractivity contribution in [3.63, 3.8) is 0 Å². The van der Waals surface area contributed by atoms with Crippen molar-refractivity contribution in [2.24, 2.45) is 11.8 Å². The Kier molecular flexibility index (Phi) is 17.6. The molecular formula is C16H37MgO4P. The molecule has 0 aliphatic heterocycles. The van der Waals surface area contributed by atoms with E-state index in [-0.39, 0.29) is 23.1 Å². The fourth-order valence-electron chi connectivity index (χ4n) is 2.23. The van der Waals surface area contributed by atoms with Gasteiger partial charge < -0.3 is 4.89 Å². The molecule has 6 heteroatoms. The highest BCUT2D eigenvalue weighted by Crippen LogP contribution is 2.44. The van der Waals surface area contributed by atoms with Crippen LogP contribution in [0.15, 0.2) is 0 Å². The van der Waals surface area contributed by atoms with Gasteiger partial charge in [0.05, 0.1) is 13.2 Å². The molecule has 0 heterocycles. The lowest BCUT2D eigenvalue weighted by Gasteiger charge is -2.20. The first-order valence-corrected chi connectivity index (χ1v) is 10.1. The van der Waals surface area contributed by atoms with Crippen molar-refractivity contribution in [2.75, 3.05) is 13.2 Å². The molecule has 0 aromatic carbocycles. The Balaban J connectivity index is 0. The van der Waals surface area contributed by atoms with Crippen LogP contribution in [0.1, 0.15) is 79.1 Å². The Bertz CT molecular complexity index is 265. The second-order valence-electron chi connectivity index (χ2n) is 5.89. The van der Waals surface area contributed by atoms with Gasteiger partial charge in [-0.05, 0) is 24.7 Å². The van der Waals surface area contributed by atoms with Gasteiger partial charge in [-0.25, -0.2) is 4.57 Å². The van der Waals surface area contributed by atoms with Gasteiger partial charge in [0.25, 0.3) is 0 Å². The molecule has 0 spiro atoms. The van der Waals surface area contributed by atoms with Gasteiger partial charge in [-0.15, -0.1) is 0 Å². The zero-order chi connectivity index (χ0) is 16.1. The third-order valence-corrected chi connectivity index (χ3v) is 4.98. The molecule has 0 fully saturated rings. The van der Waals surface area contributed by atoms with Crippen molar-refractivity contribution in [1.82, 2.24) is 0 Å². The maximum atomic E-state index is 11.9. The highest BCUT2D eigenvalue weighted by molar-refractivity contribution is 7.47. The topological polar surface area (TPSA) is 55.8 Å². The molecule has 0 aliphatic carbocycles. The predicted octanol–water partition coefficient (Wildman–Crippen LogP) is 4.64. The molecule has 0 aromatic rings. The van der Waals surface area contributed by atoms with Crippen molar-refractivity contribution in [3.8, 4) is 0 Å². The van der Waals surface area contributed by atoms with Gasteiger partial charge in [-0.2, -0.15) is 0 Å². The van der Waals surface area contributed by atoms with Gasteiger partial charge in [0.2, 0.25) is 0 Å². The second-order valence-corrected chi connectivity index (χ2v) is 7.35. The molecule has 0 rings (SSSR count). The summed E-state index contributed by atoms with van der Waals surface area (Å²) in [6.45, 7) is 9.10. The van der Waals surface area contributed by atoms with Crippen LogP contribution in [-0.4, -0.2) is 41.2 Å². The van der Waals surface area contributed by atoms with E-state index >= 15 is 0 Å². The Labute approximate surface area is 153 Å². The molecule has 2 unspecified atom stereocenters. The standard InChI is InChI=1S/C16H35O4P.Mg.2H/c1-5-9-11-15(7-3)13-19-21(17,18)20-14-16(8-4)12-10-6-2;;;/h15-16H,5-14H2,1-4H3,(H,17,18);;;. The van der Waals surface area contributed by atoms with Crippen LogP contribution in [-0.2, 0) is 13.6 Å². The van der Waals surface area contributed by atoms with Crippen LogP contribution in [0.25, 0.3) is 0 Å². The number of unbranched alkanes of at least 4 members (excludes halogenated alkanes) is 2. The highest BCUT2D eigenvalue weighted by Gasteiger charge is 2.24. The van der Waals surface area contributed by atoms with E-state index in [9.17, 15) is 9.46 Å². The third kappa shape index (κ3) is 13.3. The molecule has 0 saturated heterocycles. The molecule has 4 nitrogen and oxygen atoms in total. The van der Waals surface area contributed by atoms with Crippen molar-refractivity contribution in [3.05, 3.63) is 0 Å². The summed E-state index contributed by atoms with van der Waals surface area (Å²) in [6, 6.07) is 0. The summed E-state index contributed by atoms with van der Waals surface area (Å²) < 4.78 is 22.2. The van der Waals surface area contributed by atoms with Crippen LogP contribution in [0.3, 0.4) is 0 Å². The summed E-state index contributed by atoms with van der Waals surface area (Å²) in [6.07, 6.45) is 8.56. The van der Waals surface area contributed by atoms with E-state index in [1.807, 2.05) is 0 Å². The molecule has 1 N–H and O–H groups in total. The predicted molar refractivity (Wildman–Crippen MR) is 96.9 cm³/mol. The minimum Gasteiger partial charge on any atom is -0.302 e. The minimum atomic E-state index is -3.89. The van der Waals surface area contributed by atoms with Gasteiger partial charge in [-0.1, -0.05) is 66.2 Å². The summed E-state index contributed by atoms with van der Waals surface area (Å²) in [5, 5.41) is 0. The monoisotopic (exact) mass is 348 g/mol. The number of hydrogen-bond donors (Lipinski definition) is 1. The summed E-state index contributed by atoms with van der Waals surface area (Å²) in [7, 11) is -3.89. The summed E-state index contributed by atoms with van der Waals surface area (Å²) >= 11 is 0. The van der Waals surface area contributed by atoms with E-state index in [2.05, 4.69) is 27.7 Å². The van der Waals surface area contributed by atoms with Crippen molar-refractivity contribution in [1.29, 1.82) is 0 Å². The van der Waals surface area contributed by atoms with Crippen LogP contribution >= 0.6 is 7.82 Å². The smallest absolute Gasteiger partial charge is 0.302 e. The molecule has 2 atom stereocenters. The number of hydrogen-bond acceptors (Lipinski definition) is 3. The maximum Gasteiger partial charge on any atom is 0.472 e. The van der Waals surface area contributed by atoms with E-state index in [1.165, 1.54) is 0 Å². The van der Waals surface area contributed by atoms with Crippen LogP contribution in [0, 0.1) is 11.8 Å². The average molecular weight is 349 g/mol. The quantitative estimate of drug-likeness (QED) is 0.367. The fraction of sp³-hybridized carbons (Fsp3) is 1.00. The zero-order valence-electron chi connectivity index (χ0n) is 14.3. The molecule has 22 heavy (non-hydrogen) atoms. The van der Waals surface area contributed by atoms with E-state index in [1.54, 1.807) is 0 Å². The molecule has 0 aliphatic rings. The first kappa shape index (κ1) is 25.1. The Hall–Kier alpha value is 0.876. The number of rotatable bonds is 14. The van der Waals surface area contributed by atoms with Crippen LogP contribution < -0.4 is 0 Å². The second kappa shape index (κ2) is 15.4. The lowest BCUT2D eigenvalue weighted by Crippen LogP contribution is -2.12. The molecule has 0 saturated carbocycles. The van der Waals surface area contributed by atoms with E-state index in [0.29, 0.717) is 25.0 Å². The van der Waals surface area contributed by atoms with Gasteiger partial charge in [0.15, 0.2) is 0 Å². The Morgan fingerprint density at radius 2 is 1.23 bits per heavy atom. The minimum absolute atomic E-state index is 0. The summed E-state index contributed by atoms with van der Waals surface area (Å²) in [4.78, 5) is 9.77. The van der Waals surface area contributed by atoms with Gasteiger partial charge >= 0.3 is 30.9 Å². The molecule has 0 amide bonds. The zero-order valence-corrected chi connectivity index (χ0v) is 15.2. The fourth-order valence-corrected chi connectivity index (χ4v) is 3.11. The van der Waals surface area contributed by atoms with Gasteiger partial charge in [-0.3, -0.25) is 9.05 Å². The third-order valence-electron chi connectivity index (χ3n) is 4.03. The largest absolute Gasteiger partial charge is 0.472 e. The normalized spacial score (nSPS) is 16.6. The molecule has 0 bridgehead atoms. The van der Waals surface area contributed by atoms with Crippen LogP contribution in [0.2, 0.25) is 0 Å². The first-order valence-electron chi connectivity index (χ1n) is 8.60. The van der Waals surface area contributed by atoms with Crippen LogP contribution in [0.5, 0.6) is 0 Å². The lowest BCUT2D eigenvalue weighted by molar-refractivity contribution is 0.110. The first-order chi connectivity index (χ1) is 9.99. The van der Waals surface area contributed by atoms with Crippen molar-refractivity contribution in [2.45, 2.75) is 79.1 Å². The molecule has 0 aromatic heterocycles. The molecule has 132 valence electrons. The van der Waals surface area contributed by atoms with E-state index < -0.39 is 7.82 Å². The highest BCUT2D eigenvalue weighted by atomic mass is 31.2. The van der Waals surface area contributed by atoms with E-state index in [0.717, 1.165) is 51.4 Å². The molecule has 0 radical (unpaired) electrons. The number of phosphoric acid groups is 1. The average Bonchev–Trinajstić information content (AvgIpc) is 2.47. The maximum absolute atomic E-state index is 11.9. The van der Waals surface area contributed by atoms with Gasteiger partial charge in [0.1, 0.15) is 0 Å². The summed E-state index contributed by atoms with van der Waals surface area (Å²) in [5.41, 5.74) is 0. The molecular weight excluding hydrogens is 311 g/mol. The number of phosphoric ester groups is 1. The Morgan fingerprint density at radius 3 is 1.50 bits per heavy atom. The Morgan fingerprint density at radius 1 is 0.864 bits per heavy atom. The SMILES string of the molecule is CCCCC(CC)COP(=O)(O)OCC(CC)CCCC.[MgH2].